The first kappa shape index (κ1) is 20.4. The number of carbonyl (C=O) groups is 1. The van der Waals surface area contributed by atoms with Crippen LogP contribution < -0.4 is 9.47 Å². The van der Waals surface area contributed by atoms with E-state index < -0.39 is 5.41 Å². The number of fused-ring (bicyclic) bond motifs is 1. The van der Waals surface area contributed by atoms with Crippen LogP contribution in [0.5, 0.6) is 11.5 Å². The number of Topliss-reactive ketones (excluding diaryl/α,β-unsaturated/α-hetero) is 1. The van der Waals surface area contributed by atoms with Gasteiger partial charge in [0, 0.05) is 15.5 Å². The van der Waals surface area contributed by atoms with E-state index in [1.54, 1.807) is 0 Å². The van der Waals surface area contributed by atoms with Gasteiger partial charge in [0.25, 0.3) is 0 Å². The van der Waals surface area contributed by atoms with Crippen LogP contribution in [-0.4, -0.2) is 19.0 Å². The van der Waals surface area contributed by atoms with Crippen LogP contribution in [0.25, 0.3) is 10.1 Å². The molecule has 3 rings (SSSR count). The number of aryl methyl sites for hydroxylation is 1. The van der Waals surface area contributed by atoms with E-state index in [4.69, 9.17) is 9.47 Å². The average Bonchev–Trinajstić information content (AvgIpc) is 3.04. The van der Waals surface area contributed by atoms with Crippen LogP contribution in [0.15, 0.2) is 48.5 Å². The molecule has 0 aliphatic carbocycles. The number of rotatable bonds is 8. The highest BCUT2D eigenvalue weighted by molar-refractivity contribution is 7.21. The highest BCUT2D eigenvalue weighted by Crippen LogP contribution is 2.40. The highest BCUT2D eigenvalue weighted by Gasteiger charge is 2.29. The quantitative estimate of drug-likeness (QED) is 0.320. The fraction of sp³-hybridized carbons (Fsp3) is 0.375. The van der Waals surface area contributed by atoms with Crippen molar-refractivity contribution in [3.05, 3.63) is 59.0 Å². The topological polar surface area (TPSA) is 35.5 Å². The Morgan fingerprint density at radius 3 is 2.32 bits per heavy atom. The number of hydrogen-bond donors (Lipinski definition) is 0. The zero-order chi connectivity index (χ0) is 20.1. The third-order valence-electron chi connectivity index (χ3n) is 4.50. The molecule has 2 aromatic carbocycles. The SMILES string of the molecule is CCCc1ccc(OCCOc2c(C(=O)C(C)(C)C)sc3ccccc23)cc1. The number of thiophene rings is 1. The van der Waals surface area contributed by atoms with E-state index in [9.17, 15) is 4.79 Å². The minimum Gasteiger partial charge on any atom is -0.490 e. The molecule has 0 unspecified atom stereocenters. The molecule has 1 heterocycles. The van der Waals surface area contributed by atoms with E-state index in [2.05, 4.69) is 19.1 Å². The van der Waals surface area contributed by atoms with Crippen LogP contribution in [0.3, 0.4) is 0 Å². The summed E-state index contributed by atoms with van der Waals surface area (Å²) < 4.78 is 12.9. The molecule has 0 bridgehead atoms. The summed E-state index contributed by atoms with van der Waals surface area (Å²) in [6, 6.07) is 16.2. The summed E-state index contributed by atoms with van der Waals surface area (Å²) in [6.07, 6.45) is 2.22. The molecule has 148 valence electrons. The molecule has 0 radical (unpaired) electrons. The summed E-state index contributed by atoms with van der Waals surface area (Å²) in [7, 11) is 0. The van der Waals surface area contributed by atoms with Crippen molar-refractivity contribution in [3.63, 3.8) is 0 Å². The standard InChI is InChI=1S/C24H28O3S/c1-5-8-17-11-13-18(14-12-17)26-15-16-27-21-19-9-6-7-10-20(19)28-22(21)23(25)24(2,3)4/h6-7,9-14H,5,8,15-16H2,1-4H3. The molecule has 4 heteroatoms. The second-order valence-electron chi connectivity index (χ2n) is 7.93. The molecular weight excluding hydrogens is 368 g/mol. The summed E-state index contributed by atoms with van der Waals surface area (Å²) >= 11 is 1.50. The lowest BCUT2D eigenvalue weighted by molar-refractivity contribution is 0.0858. The summed E-state index contributed by atoms with van der Waals surface area (Å²) in [5, 5.41) is 0.990. The highest BCUT2D eigenvalue weighted by atomic mass is 32.1. The second-order valence-corrected chi connectivity index (χ2v) is 8.98. The molecule has 0 spiro atoms. The van der Waals surface area contributed by atoms with Crippen molar-refractivity contribution in [1.82, 2.24) is 0 Å². The van der Waals surface area contributed by atoms with Crippen molar-refractivity contribution < 1.29 is 14.3 Å². The summed E-state index contributed by atoms with van der Waals surface area (Å²) in [6.45, 7) is 8.81. The summed E-state index contributed by atoms with van der Waals surface area (Å²) in [4.78, 5) is 13.6. The second kappa shape index (κ2) is 8.78. The van der Waals surface area contributed by atoms with Crippen molar-refractivity contribution in [1.29, 1.82) is 0 Å². The maximum atomic E-state index is 12.9. The first-order chi connectivity index (χ1) is 13.4. The van der Waals surface area contributed by atoms with Crippen molar-refractivity contribution in [2.45, 2.75) is 40.5 Å². The van der Waals surface area contributed by atoms with Gasteiger partial charge in [0.1, 0.15) is 29.6 Å². The molecular formula is C24H28O3S. The molecule has 1 aromatic heterocycles. The van der Waals surface area contributed by atoms with Crippen molar-refractivity contribution in [2.75, 3.05) is 13.2 Å². The van der Waals surface area contributed by atoms with E-state index in [0.29, 0.717) is 23.8 Å². The molecule has 3 aromatic rings. The predicted octanol–water partition coefficient (Wildman–Crippen LogP) is 6.54. The molecule has 0 aliphatic heterocycles. The van der Waals surface area contributed by atoms with Crippen molar-refractivity contribution in [2.24, 2.45) is 5.41 Å². The smallest absolute Gasteiger partial charge is 0.181 e. The normalized spacial score (nSPS) is 11.6. The van der Waals surface area contributed by atoms with Crippen LogP contribution in [-0.2, 0) is 6.42 Å². The Labute approximate surface area is 171 Å². The lowest BCUT2D eigenvalue weighted by Crippen LogP contribution is -2.20. The molecule has 0 amide bonds. The lowest BCUT2D eigenvalue weighted by atomic mass is 9.89. The maximum absolute atomic E-state index is 12.9. The molecule has 0 saturated heterocycles. The van der Waals surface area contributed by atoms with Gasteiger partial charge in [-0.1, -0.05) is 58.4 Å². The predicted molar refractivity (Wildman–Crippen MR) is 117 cm³/mol. The van der Waals surface area contributed by atoms with E-state index in [-0.39, 0.29) is 5.78 Å². The lowest BCUT2D eigenvalue weighted by Gasteiger charge is -2.17. The Kier molecular flexibility index (Phi) is 6.40. The summed E-state index contributed by atoms with van der Waals surface area (Å²) in [5.74, 6) is 1.63. The molecule has 0 saturated carbocycles. The van der Waals surface area contributed by atoms with Gasteiger partial charge in [0.15, 0.2) is 5.78 Å². The van der Waals surface area contributed by atoms with Crippen LogP contribution in [0.2, 0.25) is 0 Å². The molecule has 0 atom stereocenters. The van der Waals surface area contributed by atoms with Crippen LogP contribution >= 0.6 is 11.3 Å². The molecule has 28 heavy (non-hydrogen) atoms. The van der Waals surface area contributed by atoms with E-state index in [1.807, 2.05) is 57.2 Å². The van der Waals surface area contributed by atoms with Gasteiger partial charge in [0.2, 0.25) is 0 Å². The van der Waals surface area contributed by atoms with Gasteiger partial charge >= 0.3 is 0 Å². The Morgan fingerprint density at radius 2 is 1.64 bits per heavy atom. The van der Waals surface area contributed by atoms with Gasteiger partial charge in [-0.2, -0.15) is 0 Å². The maximum Gasteiger partial charge on any atom is 0.181 e. The Hall–Kier alpha value is -2.33. The largest absolute Gasteiger partial charge is 0.490 e. The third-order valence-corrected chi connectivity index (χ3v) is 5.65. The van der Waals surface area contributed by atoms with Gasteiger partial charge in [-0.25, -0.2) is 0 Å². The van der Waals surface area contributed by atoms with Gasteiger partial charge in [-0.3, -0.25) is 4.79 Å². The first-order valence-electron chi connectivity index (χ1n) is 9.81. The number of hydrogen-bond acceptors (Lipinski definition) is 4. The van der Waals surface area contributed by atoms with Crippen LogP contribution in [0.4, 0.5) is 0 Å². The zero-order valence-corrected chi connectivity index (χ0v) is 17.9. The first-order valence-corrected chi connectivity index (χ1v) is 10.6. The van der Waals surface area contributed by atoms with Gasteiger partial charge < -0.3 is 9.47 Å². The summed E-state index contributed by atoms with van der Waals surface area (Å²) in [5.41, 5.74) is 0.872. The molecule has 3 nitrogen and oxygen atoms in total. The Morgan fingerprint density at radius 1 is 0.964 bits per heavy atom. The number of ether oxygens (including phenoxy) is 2. The van der Waals surface area contributed by atoms with Gasteiger partial charge in [0.05, 0.1) is 0 Å². The molecule has 0 fully saturated rings. The van der Waals surface area contributed by atoms with Crippen molar-refractivity contribution in [3.8, 4) is 11.5 Å². The fourth-order valence-corrected chi connectivity index (χ4v) is 4.30. The van der Waals surface area contributed by atoms with Gasteiger partial charge in [-0.15, -0.1) is 11.3 Å². The number of ketones is 1. The van der Waals surface area contributed by atoms with E-state index in [1.165, 1.54) is 16.9 Å². The average molecular weight is 397 g/mol. The van der Waals surface area contributed by atoms with Crippen LogP contribution in [0, 0.1) is 5.41 Å². The zero-order valence-electron chi connectivity index (χ0n) is 17.1. The number of benzene rings is 2. The Bertz CT molecular complexity index is 933. The van der Waals surface area contributed by atoms with E-state index in [0.717, 1.165) is 28.7 Å². The minimum absolute atomic E-state index is 0.108. The Balaban J connectivity index is 1.69. The molecule has 0 aliphatic rings. The number of carbonyl (C=O) groups excluding carboxylic acids is 1. The molecule has 0 N–H and O–H groups in total. The fourth-order valence-electron chi connectivity index (χ4n) is 3.00. The van der Waals surface area contributed by atoms with E-state index >= 15 is 0 Å². The van der Waals surface area contributed by atoms with Crippen LogP contribution in [0.1, 0.15) is 49.4 Å². The minimum atomic E-state index is -0.449. The van der Waals surface area contributed by atoms with Gasteiger partial charge in [-0.05, 0) is 36.2 Å². The third kappa shape index (κ3) is 4.74. The monoisotopic (exact) mass is 396 g/mol. The van der Waals surface area contributed by atoms with Crippen molar-refractivity contribution >= 4 is 27.2 Å².